The average Bonchev–Trinajstić information content (AvgIpc) is 3.74. The standard InChI is InChI=1S/C46H29NOS/c1-2-12-30(13-3-1)35-17-6-8-20-40(35)47(41-21-11-22-42-45(41)39-27-24-31-14-4-5-18-36(31)46(39)48-42)34-16-10-15-32(28-34)33-25-26-38-37-19-7-9-23-43(37)49-44(38)29-33/h1-29H. The molecule has 0 N–H and O–H groups in total. The Bertz CT molecular complexity index is 2840. The van der Waals surface area contributed by atoms with Gasteiger partial charge in [-0.2, -0.15) is 0 Å². The van der Waals surface area contributed by atoms with E-state index in [9.17, 15) is 0 Å². The van der Waals surface area contributed by atoms with E-state index in [0.717, 1.165) is 50.0 Å². The Morgan fingerprint density at radius 1 is 0.429 bits per heavy atom. The van der Waals surface area contributed by atoms with Crippen LogP contribution in [0.2, 0.25) is 0 Å². The van der Waals surface area contributed by atoms with Crippen molar-refractivity contribution in [2.24, 2.45) is 0 Å². The van der Waals surface area contributed by atoms with Crippen LogP contribution in [0.15, 0.2) is 180 Å². The Hall–Kier alpha value is -6.16. The van der Waals surface area contributed by atoms with Crippen molar-refractivity contribution >= 4 is 81.3 Å². The molecule has 0 unspecified atom stereocenters. The van der Waals surface area contributed by atoms with E-state index in [-0.39, 0.29) is 0 Å². The molecule has 0 aliphatic heterocycles. The summed E-state index contributed by atoms with van der Waals surface area (Å²) in [6.07, 6.45) is 0. The molecular formula is C46H29NOS. The number of hydrogen-bond donors (Lipinski definition) is 0. The molecule has 2 heterocycles. The van der Waals surface area contributed by atoms with Crippen molar-refractivity contribution in [2.45, 2.75) is 0 Å². The topological polar surface area (TPSA) is 16.4 Å². The summed E-state index contributed by atoms with van der Waals surface area (Å²) < 4.78 is 9.30. The maximum atomic E-state index is 6.68. The molecule has 0 bridgehead atoms. The lowest BCUT2D eigenvalue weighted by molar-refractivity contribution is 0.672. The van der Waals surface area contributed by atoms with Gasteiger partial charge in [-0.1, -0.05) is 127 Å². The van der Waals surface area contributed by atoms with E-state index in [2.05, 4.69) is 181 Å². The predicted molar refractivity (Wildman–Crippen MR) is 210 cm³/mol. The van der Waals surface area contributed by atoms with E-state index < -0.39 is 0 Å². The molecule has 3 heteroatoms. The van der Waals surface area contributed by atoms with E-state index in [1.165, 1.54) is 42.2 Å². The number of benzene rings is 8. The summed E-state index contributed by atoms with van der Waals surface area (Å²) >= 11 is 1.86. The minimum absolute atomic E-state index is 0.873. The van der Waals surface area contributed by atoms with Crippen LogP contribution in [0.3, 0.4) is 0 Å². The van der Waals surface area contributed by atoms with Gasteiger partial charge in [-0.3, -0.25) is 0 Å². The van der Waals surface area contributed by atoms with Gasteiger partial charge in [0.2, 0.25) is 0 Å². The lowest BCUT2D eigenvalue weighted by Crippen LogP contribution is -2.11. The zero-order chi connectivity index (χ0) is 32.3. The first-order valence-electron chi connectivity index (χ1n) is 16.6. The van der Waals surface area contributed by atoms with Crippen LogP contribution in [0.25, 0.3) is 75.1 Å². The van der Waals surface area contributed by atoms with Crippen LogP contribution in [-0.2, 0) is 0 Å². The molecular weight excluding hydrogens is 615 g/mol. The Balaban J connectivity index is 1.22. The first kappa shape index (κ1) is 27.9. The second kappa shape index (κ2) is 11.2. The molecule has 2 nitrogen and oxygen atoms in total. The number of anilines is 3. The largest absolute Gasteiger partial charge is 0.455 e. The summed E-state index contributed by atoms with van der Waals surface area (Å²) in [6.45, 7) is 0. The fraction of sp³-hybridized carbons (Fsp3) is 0. The highest BCUT2D eigenvalue weighted by molar-refractivity contribution is 7.25. The molecule has 49 heavy (non-hydrogen) atoms. The molecule has 0 saturated carbocycles. The highest BCUT2D eigenvalue weighted by atomic mass is 32.1. The van der Waals surface area contributed by atoms with Crippen molar-refractivity contribution in [1.82, 2.24) is 0 Å². The fourth-order valence-corrected chi connectivity index (χ4v) is 8.54. The third kappa shape index (κ3) is 4.55. The Kier molecular flexibility index (Phi) is 6.39. The number of furan rings is 1. The molecule has 8 aromatic carbocycles. The van der Waals surface area contributed by atoms with Gasteiger partial charge < -0.3 is 9.32 Å². The first-order valence-corrected chi connectivity index (χ1v) is 17.4. The van der Waals surface area contributed by atoms with Gasteiger partial charge in [-0.15, -0.1) is 11.3 Å². The second-order valence-electron chi connectivity index (χ2n) is 12.5. The van der Waals surface area contributed by atoms with Crippen molar-refractivity contribution in [1.29, 1.82) is 0 Å². The first-order chi connectivity index (χ1) is 24.3. The third-order valence-electron chi connectivity index (χ3n) is 9.65. The predicted octanol–water partition coefficient (Wildman–Crippen LogP) is 13.9. The number of hydrogen-bond acceptors (Lipinski definition) is 3. The molecule has 0 atom stereocenters. The summed E-state index contributed by atoms with van der Waals surface area (Å²) in [5.74, 6) is 0. The maximum absolute atomic E-state index is 6.68. The molecule has 0 spiro atoms. The molecule has 0 radical (unpaired) electrons. The second-order valence-corrected chi connectivity index (χ2v) is 13.6. The molecule has 2 aromatic heterocycles. The quantitative estimate of drug-likeness (QED) is 0.186. The van der Waals surface area contributed by atoms with Gasteiger partial charge in [0.05, 0.1) is 16.8 Å². The Morgan fingerprint density at radius 3 is 2.06 bits per heavy atom. The van der Waals surface area contributed by atoms with Crippen LogP contribution in [-0.4, -0.2) is 0 Å². The van der Waals surface area contributed by atoms with Gasteiger partial charge in [-0.25, -0.2) is 0 Å². The summed E-state index contributed by atoms with van der Waals surface area (Å²) in [7, 11) is 0. The van der Waals surface area contributed by atoms with Gasteiger partial charge >= 0.3 is 0 Å². The molecule has 0 fully saturated rings. The number of nitrogens with zero attached hydrogens (tertiary/aromatic N) is 1. The van der Waals surface area contributed by atoms with Gasteiger partial charge in [0.1, 0.15) is 11.2 Å². The normalized spacial score (nSPS) is 11.7. The van der Waals surface area contributed by atoms with Crippen LogP contribution in [0.1, 0.15) is 0 Å². The fourth-order valence-electron chi connectivity index (χ4n) is 7.39. The molecule has 0 amide bonds. The van der Waals surface area contributed by atoms with E-state index in [4.69, 9.17) is 4.42 Å². The number of thiophene rings is 1. The lowest BCUT2D eigenvalue weighted by Gasteiger charge is -2.29. The maximum Gasteiger partial charge on any atom is 0.143 e. The van der Waals surface area contributed by atoms with Crippen molar-refractivity contribution in [3.63, 3.8) is 0 Å². The van der Waals surface area contributed by atoms with Gasteiger partial charge in [0.25, 0.3) is 0 Å². The monoisotopic (exact) mass is 643 g/mol. The Morgan fingerprint density at radius 2 is 1.12 bits per heavy atom. The average molecular weight is 644 g/mol. The van der Waals surface area contributed by atoms with Crippen molar-refractivity contribution in [3.8, 4) is 22.3 Å². The van der Waals surface area contributed by atoms with Gasteiger partial charge in [-0.05, 0) is 70.6 Å². The Labute approximate surface area is 287 Å². The minimum atomic E-state index is 0.873. The highest BCUT2D eigenvalue weighted by Crippen LogP contribution is 2.47. The van der Waals surface area contributed by atoms with E-state index in [1.54, 1.807) is 0 Å². The van der Waals surface area contributed by atoms with E-state index in [0.29, 0.717) is 0 Å². The van der Waals surface area contributed by atoms with Crippen molar-refractivity contribution in [2.75, 3.05) is 4.90 Å². The van der Waals surface area contributed by atoms with Crippen LogP contribution < -0.4 is 4.90 Å². The SMILES string of the molecule is c1ccc(-c2ccccc2N(c2cccc(-c3ccc4c(c3)sc3ccccc34)c2)c2cccc3oc4c5ccccc5ccc4c23)cc1. The summed E-state index contributed by atoms with van der Waals surface area (Å²) in [5, 5.41) is 7.13. The molecule has 10 rings (SSSR count). The zero-order valence-electron chi connectivity index (χ0n) is 26.5. The van der Waals surface area contributed by atoms with Crippen LogP contribution in [0.5, 0.6) is 0 Å². The van der Waals surface area contributed by atoms with Crippen molar-refractivity contribution in [3.05, 3.63) is 176 Å². The van der Waals surface area contributed by atoms with E-state index >= 15 is 0 Å². The molecule has 0 aliphatic rings. The minimum Gasteiger partial charge on any atom is -0.455 e. The van der Waals surface area contributed by atoms with Crippen LogP contribution in [0, 0.1) is 0 Å². The zero-order valence-corrected chi connectivity index (χ0v) is 27.3. The van der Waals surface area contributed by atoms with E-state index in [1.807, 2.05) is 11.3 Å². The molecule has 0 saturated heterocycles. The molecule has 230 valence electrons. The summed E-state index contributed by atoms with van der Waals surface area (Å²) in [4.78, 5) is 2.41. The highest BCUT2D eigenvalue weighted by Gasteiger charge is 2.23. The van der Waals surface area contributed by atoms with Crippen molar-refractivity contribution < 1.29 is 4.42 Å². The summed E-state index contributed by atoms with van der Waals surface area (Å²) in [5.41, 5.74) is 9.77. The van der Waals surface area contributed by atoms with Gasteiger partial charge in [0, 0.05) is 42.2 Å². The van der Waals surface area contributed by atoms with Gasteiger partial charge in [0.15, 0.2) is 0 Å². The number of fused-ring (bicyclic) bond motifs is 8. The number of para-hydroxylation sites is 1. The van der Waals surface area contributed by atoms with Crippen LogP contribution >= 0.6 is 11.3 Å². The van der Waals surface area contributed by atoms with Crippen LogP contribution in [0.4, 0.5) is 17.1 Å². The smallest absolute Gasteiger partial charge is 0.143 e. The molecule has 10 aromatic rings. The third-order valence-corrected chi connectivity index (χ3v) is 10.8. The lowest BCUT2D eigenvalue weighted by atomic mass is 9.99. The molecule has 0 aliphatic carbocycles. The summed E-state index contributed by atoms with van der Waals surface area (Å²) in [6, 6.07) is 63.2. The number of rotatable bonds is 5.